The van der Waals surface area contributed by atoms with Gasteiger partial charge in [0.25, 0.3) is 5.56 Å². The minimum Gasteiger partial charge on any atom is -0.399 e. The van der Waals surface area contributed by atoms with Crippen LogP contribution in [0, 0.1) is 6.92 Å². The Kier molecular flexibility index (Phi) is 3.59. The summed E-state index contributed by atoms with van der Waals surface area (Å²) in [4.78, 5) is 17.3. The molecule has 0 fully saturated rings. The molecule has 0 amide bonds. The van der Waals surface area contributed by atoms with Gasteiger partial charge in [0.15, 0.2) is 0 Å². The predicted molar refractivity (Wildman–Crippen MR) is 91.9 cm³/mol. The van der Waals surface area contributed by atoms with Crippen molar-refractivity contribution in [2.75, 3.05) is 5.73 Å². The van der Waals surface area contributed by atoms with Crippen LogP contribution in [0.1, 0.15) is 5.82 Å². The first kappa shape index (κ1) is 14.3. The van der Waals surface area contributed by atoms with Crippen molar-refractivity contribution >= 4 is 48.5 Å². The van der Waals surface area contributed by atoms with Gasteiger partial charge in [-0.05, 0) is 59.3 Å². The lowest BCUT2D eigenvalue weighted by Crippen LogP contribution is -2.22. The van der Waals surface area contributed by atoms with E-state index in [1.807, 2.05) is 25.1 Å². The second kappa shape index (κ2) is 5.27. The zero-order chi connectivity index (χ0) is 15.1. The number of aromatic nitrogens is 2. The van der Waals surface area contributed by atoms with Crippen molar-refractivity contribution in [1.82, 2.24) is 9.55 Å². The van der Waals surface area contributed by atoms with Gasteiger partial charge in [-0.15, -0.1) is 0 Å². The Hall–Kier alpha value is -1.66. The molecule has 6 heteroatoms. The molecule has 1 aromatic heterocycles. The third-order valence-corrected chi connectivity index (χ3v) is 4.27. The van der Waals surface area contributed by atoms with Gasteiger partial charge in [0.05, 0.1) is 16.6 Å². The summed E-state index contributed by atoms with van der Waals surface area (Å²) in [6.45, 7) is 1.81. The third-order valence-electron chi connectivity index (χ3n) is 3.21. The monoisotopic (exact) mass is 407 g/mol. The fourth-order valence-electron chi connectivity index (χ4n) is 2.25. The van der Waals surface area contributed by atoms with Crippen LogP contribution in [0.3, 0.4) is 0 Å². The van der Waals surface area contributed by atoms with Crippen LogP contribution in [0.4, 0.5) is 5.69 Å². The lowest BCUT2D eigenvalue weighted by Gasteiger charge is -2.12. The van der Waals surface area contributed by atoms with E-state index in [0.29, 0.717) is 22.4 Å². The van der Waals surface area contributed by atoms with Gasteiger partial charge in [-0.25, -0.2) is 4.98 Å². The van der Waals surface area contributed by atoms with Gasteiger partial charge in [-0.1, -0.05) is 15.9 Å². The van der Waals surface area contributed by atoms with Gasteiger partial charge in [-0.3, -0.25) is 9.36 Å². The summed E-state index contributed by atoms with van der Waals surface area (Å²) in [6.07, 6.45) is 0. The first-order valence-corrected chi connectivity index (χ1v) is 7.80. The summed E-state index contributed by atoms with van der Waals surface area (Å²) < 4.78 is 3.20. The molecule has 0 atom stereocenters. The van der Waals surface area contributed by atoms with Gasteiger partial charge in [-0.2, -0.15) is 0 Å². The van der Waals surface area contributed by atoms with E-state index in [4.69, 9.17) is 5.73 Å². The SMILES string of the molecule is Cc1nc2c(Br)cc(Br)cc2c(=O)n1-c1ccc(N)cc1. The second-order valence-electron chi connectivity index (χ2n) is 4.67. The van der Waals surface area contributed by atoms with Gasteiger partial charge >= 0.3 is 0 Å². The van der Waals surface area contributed by atoms with E-state index in [2.05, 4.69) is 36.8 Å². The zero-order valence-corrected chi connectivity index (χ0v) is 14.3. The summed E-state index contributed by atoms with van der Waals surface area (Å²) in [5.41, 5.74) is 7.65. The molecular formula is C15H11Br2N3O. The number of rotatable bonds is 1. The Morgan fingerprint density at radius 3 is 2.48 bits per heavy atom. The largest absolute Gasteiger partial charge is 0.399 e. The van der Waals surface area contributed by atoms with Crippen LogP contribution in [0.15, 0.2) is 50.1 Å². The normalized spacial score (nSPS) is 11.0. The molecule has 3 rings (SSSR count). The summed E-state index contributed by atoms with van der Waals surface area (Å²) >= 11 is 6.85. The first-order valence-electron chi connectivity index (χ1n) is 6.21. The van der Waals surface area contributed by atoms with E-state index in [1.54, 1.807) is 22.8 Å². The highest BCUT2D eigenvalue weighted by atomic mass is 79.9. The number of aryl methyl sites for hydroxylation is 1. The maximum absolute atomic E-state index is 12.8. The Labute approximate surface area is 137 Å². The van der Waals surface area contributed by atoms with E-state index >= 15 is 0 Å². The van der Waals surface area contributed by atoms with E-state index in [0.717, 1.165) is 14.6 Å². The van der Waals surface area contributed by atoms with Crippen molar-refractivity contribution in [1.29, 1.82) is 0 Å². The first-order chi connectivity index (χ1) is 9.97. The van der Waals surface area contributed by atoms with Crippen molar-refractivity contribution in [3.63, 3.8) is 0 Å². The molecule has 0 unspecified atom stereocenters. The van der Waals surface area contributed by atoms with E-state index in [9.17, 15) is 4.79 Å². The van der Waals surface area contributed by atoms with Gasteiger partial charge in [0.2, 0.25) is 0 Å². The Bertz CT molecular complexity index is 901. The van der Waals surface area contributed by atoms with Crippen LogP contribution in [-0.2, 0) is 0 Å². The van der Waals surface area contributed by atoms with Gasteiger partial charge < -0.3 is 5.73 Å². The summed E-state index contributed by atoms with van der Waals surface area (Å²) in [7, 11) is 0. The van der Waals surface area contributed by atoms with Gasteiger partial charge in [0.1, 0.15) is 5.82 Å². The molecule has 106 valence electrons. The van der Waals surface area contributed by atoms with Gasteiger partial charge in [0, 0.05) is 14.6 Å². The molecule has 0 saturated heterocycles. The Morgan fingerprint density at radius 1 is 1.14 bits per heavy atom. The molecule has 0 aliphatic rings. The highest BCUT2D eigenvalue weighted by Crippen LogP contribution is 2.26. The van der Waals surface area contributed by atoms with E-state index in [1.165, 1.54) is 0 Å². The molecule has 0 aliphatic carbocycles. The lowest BCUT2D eigenvalue weighted by atomic mass is 10.2. The molecule has 3 aromatic rings. The highest BCUT2D eigenvalue weighted by Gasteiger charge is 2.12. The number of nitrogens with two attached hydrogens (primary N) is 1. The number of fused-ring (bicyclic) bond motifs is 1. The maximum Gasteiger partial charge on any atom is 0.266 e. The number of nitrogens with zero attached hydrogens (tertiary/aromatic N) is 2. The topological polar surface area (TPSA) is 60.9 Å². The number of halogens is 2. The average Bonchev–Trinajstić information content (AvgIpc) is 2.42. The molecule has 0 spiro atoms. The van der Waals surface area contributed by atoms with Crippen molar-refractivity contribution < 1.29 is 0 Å². The van der Waals surface area contributed by atoms with Crippen molar-refractivity contribution in [3.8, 4) is 5.69 Å². The number of hydrogen-bond acceptors (Lipinski definition) is 3. The average molecular weight is 409 g/mol. The number of benzene rings is 2. The number of hydrogen-bond donors (Lipinski definition) is 1. The Balaban J connectivity index is 2.39. The van der Waals surface area contributed by atoms with Crippen LogP contribution in [0.25, 0.3) is 16.6 Å². The molecule has 0 aliphatic heterocycles. The van der Waals surface area contributed by atoms with Crippen LogP contribution in [0.2, 0.25) is 0 Å². The highest BCUT2D eigenvalue weighted by molar-refractivity contribution is 9.11. The molecule has 4 nitrogen and oxygen atoms in total. The minimum absolute atomic E-state index is 0.107. The van der Waals surface area contributed by atoms with Crippen molar-refractivity contribution in [2.45, 2.75) is 6.92 Å². The third kappa shape index (κ3) is 2.49. The lowest BCUT2D eigenvalue weighted by molar-refractivity contribution is 0.894. The molecule has 2 aromatic carbocycles. The van der Waals surface area contributed by atoms with Crippen molar-refractivity contribution in [2.24, 2.45) is 0 Å². The summed E-state index contributed by atoms with van der Waals surface area (Å²) in [6, 6.07) is 10.8. The zero-order valence-electron chi connectivity index (χ0n) is 11.1. The quantitative estimate of drug-likeness (QED) is 0.623. The fraction of sp³-hybridized carbons (Fsp3) is 0.0667. The number of anilines is 1. The fourth-order valence-corrected chi connectivity index (χ4v) is 3.56. The molecule has 21 heavy (non-hydrogen) atoms. The van der Waals surface area contributed by atoms with E-state index in [-0.39, 0.29) is 5.56 Å². The molecule has 1 heterocycles. The number of nitrogen functional groups attached to an aromatic ring is 1. The molecule has 0 bridgehead atoms. The smallest absolute Gasteiger partial charge is 0.266 e. The van der Waals surface area contributed by atoms with Crippen LogP contribution < -0.4 is 11.3 Å². The van der Waals surface area contributed by atoms with E-state index < -0.39 is 0 Å². The molecule has 0 radical (unpaired) electrons. The second-order valence-corrected chi connectivity index (χ2v) is 6.44. The van der Waals surface area contributed by atoms with Crippen LogP contribution in [-0.4, -0.2) is 9.55 Å². The summed E-state index contributed by atoms with van der Waals surface area (Å²) in [5, 5.41) is 0.554. The standard InChI is InChI=1S/C15H11Br2N3O/c1-8-19-14-12(6-9(16)7-13(14)17)15(21)20(8)11-4-2-10(18)3-5-11/h2-7H,18H2,1H3. The van der Waals surface area contributed by atoms with Crippen molar-refractivity contribution in [3.05, 3.63) is 61.5 Å². The molecule has 2 N–H and O–H groups in total. The Morgan fingerprint density at radius 2 is 1.81 bits per heavy atom. The molecular weight excluding hydrogens is 398 g/mol. The van der Waals surface area contributed by atoms with Crippen LogP contribution >= 0.6 is 31.9 Å². The minimum atomic E-state index is -0.107. The molecule has 0 saturated carbocycles. The predicted octanol–water partition coefficient (Wildman–Crippen LogP) is 3.80. The van der Waals surface area contributed by atoms with Crippen LogP contribution in [0.5, 0.6) is 0 Å². The maximum atomic E-state index is 12.8. The summed E-state index contributed by atoms with van der Waals surface area (Å²) in [5.74, 6) is 0.625.